The molecule has 60 valence electrons. The van der Waals surface area contributed by atoms with Crippen LogP contribution in [0.5, 0.6) is 0 Å². The van der Waals surface area contributed by atoms with Crippen molar-refractivity contribution in [3.05, 3.63) is 29.8 Å². The minimum absolute atomic E-state index is 0.802. The van der Waals surface area contributed by atoms with Gasteiger partial charge in [0.15, 0.2) is 0 Å². The van der Waals surface area contributed by atoms with Gasteiger partial charge in [0.1, 0.15) is 0 Å². The highest BCUT2D eigenvalue weighted by atomic mass is 31.0. The van der Waals surface area contributed by atoms with E-state index >= 15 is 0 Å². The molecule has 0 aliphatic heterocycles. The third kappa shape index (κ3) is 3.00. The Labute approximate surface area is 70.0 Å². The van der Waals surface area contributed by atoms with Gasteiger partial charge in [-0.3, -0.25) is 0 Å². The van der Waals surface area contributed by atoms with Crippen molar-refractivity contribution in [2.24, 2.45) is 0 Å². The second-order valence-electron chi connectivity index (χ2n) is 2.48. The van der Waals surface area contributed by atoms with Crippen LogP contribution in [0, 0.1) is 0 Å². The number of hydrogen-bond acceptors (Lipinski definition) is 1. The molecule has 1 atom stereocenters. The van der Waals surface area contributed by atoms with Crippen molar-refractivity contribution >= 4 is 14.5 Å². The summed E-state index contributed by atoms with van der Waals surface area (Å²) in [5, 5.41) is 1.23. The van der Waals surface area contributed by atoms with E-state index in [1.165, 1.54) is 10.9 Å². The molecule has 0 fully saturated rings. The van der Waals surface area contributed by atoms with Gasteiger partial charge in [0.05, 0.1) is 6.61 Å². The average molecular weight is 168 g/mol. The Kier molecular flexibility index (Phi) is 3.55. The number of hydrogen-bond donors (Lipinski definition) is 0. The molecule has 1 aromatic carbocycles. The summed E-state index contributed by atoms with van der Waals surface area (Å²) in [6.07, 6.45) is 1.00. The quantitative estimate of drug-likeness (QED) is 0.619. The van der Waals surface area contributed by atoms with Gasteiger partial charge in [0, 0.05) is 7.11 Å². The van der Waals surface area contributed by atoms with Crippen LogP contribution in [-0.4, -0.2) is 13.7 Å². The third-order valence-corrected chi connectivity index (χ3v) is 1.96. The molecule has 1 rings (SSSR count). The van der Waals surface area contributed by atoms with Crippen molar-refractivity contribution in [2.75, 3.05) is 13.7 Å². The Morgan fingerprint density at radius 2 is 1.91 bits per heavy atom. The maximum atomic E-state index is 4.97. The smallest absolute Gasteiger partial charge is 0.0502 e. The minimum atomic E-state index is 0.802. The van der Waals surface area contributed by atoms with Gasteiger partial charge in [-0.25, -0.2) is 0 Å². The monoisotopic (exact) mass is 168 g/mol. The van der Waals surface area contributed by atoms with Crippen LogP contribution in [0.3, 0.4) is 0 Å². The number of benzene rings is 1. The van der Waals surface area contributed by atoms with E-state index in [9.17, 15) is 0 Å². The molecule has 0 aliphatic rings. The van der Waals surface area contributed by atoms with E-state index in [0.29, 0.717) is 0 Å². The zero-order valence-electron chi connectivity index (χ0n) is 6.71. The van der Waals surface area contributed by atoms with E-state index in [1.807, 2.05) is 0 Å². The van der Waals surface area contributed by atoms with Gasteiger partial charge in [0.2, 0.25) is 0 Å². The van der Waals surface area contributed by atoms with Gasteiger partial charge in [-0.15, -0.1) is 9.24 Å². The van der Waals surface area contributed by atoms with E-state index in [4.69, 9.17) is 4.74 Å². The van der Waals surface area contributed by atoms with E-state index in [0.717, 1.165) is 13.0 Å². The first-order valence-electron chi connectivity index (χ1n) is 3.66. The predicted molar refractivity (Wildman–Crippen MR) is 51.4 cm³/mol. The summed E-state index contributed by atoms with van der Waals surface area (Å²) in [5.41, 5.74) is 1.33. The van der Waals surface area contributed by atoms with Crippen molar-refractivity contribution in [3.63, 3.8) is 0 Å². The maximum Gasteiger partial charge on any atom is 0.0502 e. The Balaban J connectivity index is 2.52. The fraction of sp³-hybridized carbons (Fsp3) is 0.333. The van der Waals surface area contributed by atoms with Gasteiger partial charge >= 0.3 is 0 Å². The highest BCUT2D eigenvalue weighted by Crippen LogP contribution is 1.99. The molecule has 0 bridgehead atoms. The SMILES string of the molecule is COCCc1ccc(P)cc1. The van der Waals surface area contributed by atoms with E-state index < -0.39 is 0 Å². The second-order valence-corrected chi connectivity index (χ2v) is 3.15. The molecule has 0 radical (unpaired) electrons. The Morgan fingerprint density at radius 3 is 2.45 bits per heavy atom. The van der Waals surface area contributed by atoms with E-state index in [-0.39, 0.29) is 0 Å². The lowest BCUT2D eigenvalue weighted by Crippen LogP contribution is -1.96. The lowest BCUT2D eigenvalue weighted by molar-refractivity contribution is 0.202. The molecule has 0 aliphatic carbocycles. The van der Waals surface area contributed by atoms with Gasteiger partial charge in [-0.05, 0) is 17.3 Å². The molecule has 1 unspecified atom stereocenters. The van der Waals surface area contributed by atoms with Crippen molar-refractivity contribution in [1.29, 1.82) is 0 Å². The van der Waals surface area contributed by atoms with Crippen LogP contribution >= 0.6 is 9.24 Å². The molecule has 2 heteroatoms. The summed E-state index contributed by atoms with van der Waals surface area (Å²) in [4.78, 5) is 0. The lowest BCUT2D eigenvalue weighted by Gasteiger charge is -1.99. The summed E-state index contributed by atoms with van der Waals surface area (Å²) < 4.78 is 4.97. The topological polar surface area (TPSA) is 9.23 Å². The number of ether oxygens (including phenoxy) is 1. The van der Waals surface area contributed by atoms with Crippen molar-refractivity contribution in [2.45, 2.75) is 6.42 Å². The molecule has 0 N–H and O–H groups in total. The van der Waals surface area contributed by atoms with Crippen LogP contribution in [0.25, 0.3) is 0 Å². The molecule has 0 amide bonds. The maximum absolute atomic E-state index is 4.97. The van der Waals surface area contributed by atoms with Crippen LogP contribution in [-0.2, 0) is 11.2 Å². The molecule has 0 spiro atoms. The molecule has 1 aromatic rings. The van der Waals surface area contributed by atoms with Gasteiger partial charge in [-0.1, -0.05) is 24.3 Å². The third-order valence-electron chi connectivity index (χ3n) is 1.57. The van der Waals surface area contributed by atoms with Crippen molar-refractivity contribution in [1.82, 2.24) is 0 Å². The lowest BCUT2D eigenvalue weighted by atomic mass is 10.2. The minimum Gasteiger partial charge on any atom is -0.384 e. The van der Waals surface area contributed by atoms with Crippen LogP contribution in [0.1, 0.15) is 5.56 Å². The Hall–Kier alpha value is -0.390. The first-order chi connectivity index (χ1) is 5.33. The highest BCUT2D eigenvalue weighted by Gasteiger charge is 1.90. The van der Waals surface area contributed by atoms with E-state index in [2.05, 4.69) is 33.5 Å². The first-order valence-corrected chi connectivity index (χ1v) is 4.24. The van der Waals surface area contributed by atoms with Crippen LogP contribution < -0.4 is 5.30 Å². The molecule has 11 heavy (non-hydrogen) atoms. The van der Waals surface area contributed by atoms with Crippen LogP contribution in [0.2, 0.25) is 0 Å². The number of methoxy groups -OCH3 is 1. The Morgan fingerprint density at radius 1 is 1.27 bits per heavy atom. The number of rotatable bonds is 3. The molecule has 0 saturated heterocycles. The molecule has 0 aromatic heterocycles. The summed E-state index contributed by atoms with van der Waals surface area (Å²) in [7, 11) is 4.39. The molecule has 1 nitrogen and oxygen atoms in total. The second kappa shape index (κ2) is 4.48. The summed E-state index contributed by atoms with van der Waals surface area (Å²) in [6, 6.07) is 8.44. The van der Waals surface area contributed by atoms with Crippen LogP contribution in [0.15, 0.2) is 24.3 Å². The van der Waals surface area contributed by atoms with Gasteiger partial charge in [0.25, 0.3) is 0 Å². The fourth-order valence-electron chi connectivity index (χ4n) is 0.904. The Bertz CT molecular complexity index is 205. The average Bonchev–Trinajstić information content (AvgIpc) is 2.04. The van der Waals surface area contributed by atoms with E-state index in [1.54, 1.807) is 7.11 Å². The molecular weight excluding hydrogens is 155 g/mol. The molecule has 0 saturated carbocycles. The zero-order valence-corrected chi connectivity index (χ0v) is 7.86. The summed E-state index contributed by atoms with van der Waals surface area (Å²) in [5.74, 6) is 0. The van der Waals surface area contributed by atoms with Gasteiger partial charge < -0.3 is 4.74 Å². The largest absolute Gasteiger partial charge is 0.384 e. The molecule has 0 heterocycles. The van der Waals surface area contributed by atoms with Gasteiger partial charge in [-0.2, -0.15) is 0 Å². The normalized spacial score (nSPS) is 10.0. The summed E-state index contributed by atoms with van der Waals surface area (Å²) >= 11 is 0. The molecular formula is C9H13OP. The standard InChI is InChI=1S/C9H13OP/c1-10-7-6-8-2-4-9(11)5-3-8/h2-5H,6-7,11H2,1H3. The van der Waals surface area contributed by atoms with Crippen molar-refractivity contribution in [3.8, 4) is 0 Å². The highest BCUT2D eigenvalue weighted by molar-refractivity contribution is 7.27. The predicted octanol–water partition coefficient (Wildman–Crippen LogP) is 1.38. The first kappa shape index (κ1) is 8.70. The van der Waals surface area contributed by atoms with Crippen molar-refractivity contribution < 1.29 is 4.74 Å². The fourth-order valence-corrected chi connectivity index (χ4v) is 1.10. The zero-order chi connectivity index (χ0) is 8.10. The van der Waals surface area contributed by atoms with Crippen LogP contribution in [0.4, 0.5) is 0 Å². The summed E-state index contributed by atoms with van der Waals surface area (Å²) in [6.45, 7) is 0.802.